The Morgan fingerprint density at radius 1 is 0.821 bits per heavy atom. The summed E-state index contributed by atoms with van der Waals surface area (Å²) in [4.78, 5) is 13.0. The Kier molecular flexibility index (Phi) is 5.17. The third kappa shape index (κ3) is 3.73. The van der Waals surface area contributed by atoms with Crippen LogP contribution in [0.3, 0.4) is 0 Å². The SMILES string of the molecule is Cc1c(C)n(Cc2cccc(C(=N)N)c2)c(=O)n1Cc1cccc(C(=N)N)c1. The minimum atomic E-state index is -0.101. The van der Waals surface area contributed by atoms with Gasteiger partial charge in [-0.2, -0.15) is 0 Å². The van der Waals surface area contributed by atoms with Gasteiger partial charge in [-0.3, -0.25) is 20.0 Å². The second-order valence-corrected chi connectivity index (χ2v) is 6.85. The Morgan fingerprint density at radius 3 is 1.57 bits per heavy atom. The largest absolute Gasteiger partial charge is 0.384 e. The maximum absolute atomic E-state index is 13.0. The van der Waals surface area contributed by atoms with E-state index in [1.165, 1.54) is 0 Å². The van der Waals surface area contributed by atoms with Crippen molar-refractivity contribution >= 4 is 11.7 Å². The first kappa shape index (κ1) is 19.2. The van der Waals surface area contributed by atoms with E-state index in [1.54, 1.807) is 21.3 Å². The molecule has 7 heteroatoms. The number of aromatic nitrogens is 2. The van der Waals surface area contributed by atoms with E-state index in [9.17, 15) is 4.79 Å². The lowest BCUT2D eigenvalue weighted by molar-refractivity contribution is 0.672. The molecule has 0 aliphatic carbocycles. The molecule has 0 bridgehead atoms. The highest BCUT2D eigenvalue weighted by atomic mass is 16.1. The molecule has 0 atom stereocenters. The number of amidine groups is 2. The molecule has 0 saturated carbocycles. The van der Waals surface area contributed by atoms with E-state index in [2.05, 4.69) is 0 Å². The first-order chi connectivity index (χ1) is 13.3. The molecule has 0 radical (unpaired) electrons. The van der Waals surface area contributed by atoms with Crippen LogP contribution in [0.4, 0.5) is 0 Å². The smallest absolute Gasteiger partial charge is 0.329 e. The molecule has 6 N–H and O–H groups in total. The van der Waals surface area contributed by atoms with Crippen molar-refractivity contribution in [2.45, 2.75) is 26.9 Å². The summed E-state index contributed by atoms with van der Waals surface area (Å²) in [7, 11) is 0. The topological polar surface area (TPSA) is 127 Å². The number of benzene rings is 2. The predicted octanol–water partition coefficient (Wildman–Crippen LogP) is 1.93. The van der Waals surface area contributed by atoms with Crippen LogP contribution in [0, 0.1) is 24.7 Å². The van der Waals surface area contributed by atoms with Crippen LogP contribution in [-0.4, -0.2) is 20.8 Å². The highest BCUT2D eigenvalue weighted by molar-refractivity contribution is 5.95. The summed E-state index contributed by atoms with van der Waals surface area (Å²) in [5, 5.41) is 15.2. The van der Waals surface area contributed by atoms with E-state index in [4.69, 9.17) is 22.3 Å². The van der Waals surface area contributed by atoms with Crippen LogP contribution in [0.1, 0.15) is 33.6 Å². The lowest BCUT2D eigenvalue weighted by atomic mass is 10.1. The van der Waals surface area contributed by atoms with E-state index in [0.717, 1.165) is 22.5 Å². The van der Waals surface area contributed by atoms with Gasteiger partial charge in [0.25, 0.3) is 0 Å². The van der Waals surface area contributed by atoms with Gasteiger partial charge in [-0.05, 0) is 37.1 Å². The van der Waals surface area contributed by atoms with Crippen molar-refractivity contribution in [3.05, 3.63) is 92.7 Å². The first-order valence-electron chi connectivity index (χ1n) is 8.91. The van der Waals surface area contributed by atoms with Gasteiger partial charge in [0.2, 0.25) is 0 Å². The van der Waals surface area contributed by atoms with Crippen molar-refractivity contribution in [1.29, 1.82) is 10.8 Å². The third-order valence-electron chi connectivity index (χ3n) is 4.95. The number of imidazole rings is 1. The molecule has 1 heterocycles. The van der Waals surface area contributed by atoms with Crippen molar-refractivity contribution in [2.75, 3.05) is 0 Å². The standard InChI is InChI=1S/C21H24N6O/c1-13-14(2)27(12-16-6-4-8-18(10-16)20(24)25)21(28)26(13)11-15-5-3-7-17(9-15)19(22)23/h3-10H,11-12H2,1-2H3,(H3,22,23)(H3,24,25). The molecule has 0 aliphatic rings. The Morgan fingerprint density at radius 2 is 1.21 bits per heavy atom. The monoisotopic (exact) mass is 376 g/mol. The van der Waals surface area contributed by atoms with E-state index in [0.29, 0.717) is 24.2 Å². The molecule has 3 aromatic rings. The highest BCUT2D eigenvalue weighted by Gasteiger charge is 2.15. The number of hydrogen-bond donors (Lipinski definition) is 4. The van der Waals surface area contributed by atoms with E-state index < -0.39 is 0 Å². The number of nitrogens with zero attached hydrogens (tertiary/aromatic N) is 2. The molecule has 0 unspecified atom stereocenters. The van der Waals surface area contributed by atoms with Gasteiger partial charge in [0.1, 0.15) is 11.7 Å². The maximum atomic E-state index is 13.0. The van der Waals surface area contributed by atoms with Gasteiger partial charge in [0, 0.05) is 22.5 Å². The van der Waals surface area contributed by atoms with Gasteiger partial charge < -0.3 is 11.5 Å². The van der Waals surface area contributed by atoms with Gasteiger partial charge in [0.05, 0.1) is 13.1 Å². The fourth-order valence-corrected chi connectivity index (χ4v) is 3.24. The zero-order valence-corrected chi connectivity index (χ0v) is 16.0. The van der Waals surface area contributed by atoms with Crippen molar-refractivity contribution in [3.63, 3.8) is 0 Å². The summed E-state index contributed by atoms with van der Waals surface area (Å²) in [5.74, 6) is 0.00930. The summed E-state index contributed by atoms with van der Waals surface area (Å²) in [6.45, 7) is 4.67. The Labute approximate surface area is 163 Å². The molecular weight excluding hydrogens is 352 g/mol. The molecule has 7 nitrogen and oxygen atoms in total. The fraction of sp³-hybridized carbons (Fsp3) is 0.190. The summed E-state index contributed by atoms with van der Waals surface area (Å²) >= 11 is 0. The van der Waals surface area contributed by atoms with Crippen LogP contribution >= 0.6 is 0 Å². The molecular formula is C21H24N6O. The molecule has 1 aromatic heterocycles. The van der Waals surface area contributed by atoms with Crippen molar-refractivity contribution in [3.8, 4) is 0 Å². The van der Waals surface area contributed by atoms with Crippen molar-refractivity contribution in [1.82, 2.24) is 9.13 Å². The molecule has 28 heavy (non-hydrogen) atoms. The van der Waals surface area contributed by atoms with Crippen molar-refractivity contribution in [2.24, 2.45) is 11.5 Å². The summed E-state index contributed by atoms with van der Waals surface area (Å²) < 4.78 is 3.45. The molecule has 144 valence electrons. The molecule has 0 fully saturated rings. The zero-order valence-electron chi connectivity index (χ0n) is 16.0. The summed E-state index contributed by atoms with van der Waals surface area (Å²) in [6.07, 6.45) is 0. The van der Waals surface area contributed by atoms with Gasteiger partial charge >= 0.3 is 5.69 Å². The second-order valence-electron chi connectivity index (χ2n) is 6.85. The average molecular weight is 376 g/mol. The average Bonchev–Trinajstić information content (AvgIpc) is 2.86. The molecule has 0 amide bonds. The molecule has 2 aromatic carbocycles. The van der Waals surface area contributed by atoms with E-state index in [1.807, 2.05) is 50.2 Å². The van der Waals surface area contributed by atoms with Crippen LogP contribution < -0.4 is 17.2 Å². The number of rotatable bonds is 6. The first-order valence-corrected chi connectivity index (χ1v) is 8.91. The Hall–Kier alpha value is -3.61. The summed E-state index contributed by atoms with van der Waals surface area (Å²) in [5.41, 5.74) is 15.9. The van der Waals surface area contributed by atoms with Crippen LogP contribution in [0.15, 0.2) is 53.3 Å². The Bertz CT molecular complexity index is 1040. The molecule has 0 aliphatic heterocycles. The molecule has 3 rings (SSSR count). The lowest BCUT2D eigenvalue weighted by Gasteiger charge is -2.07. The van der Waals surface area contributed by atoms with Gasteiger partial charge in [-0.25, -0.2) is 4.79 Å². The fourth-order valence-electron chi connectivity index (χ4n) is 3.24. The van der Waals surface area contributed by atoms with Crippen molar-refractivity contribution < 1.29 is 0 Å². The lowest BCUT2D eigenvalue weighted by Crippen LogP contribution is -2.26. The number of nitrogens with two attached hydrogens (primary N) is 2. The van der Waals surface area contributed by atoms with Crippen LogP contribution in [0.5, 0.6) is 0 Å². The number of hydrogen-bond acceptors (Lipinski definition) is 3. The van der Waals surface area contributed by atoms with Gasteiger partial charge in [-0.15, -0.1) is 0 Å². The maximum Gasteiger partial charge on any atom is 0.329 e. The normalized spacial score (nSPS) is 10.8. The van der Waals surface area contributed by atoms with Crippen LogP contribution in [-0.2, 0) is 13.1 Å². The minimum absolute atomic E-state index is 0.00465. The number of nitrogen functional groups attached to an aromatic ring is 2. The van der Waals surface area contributed by atoms with Gasteiger partial charge in [0.15, 0.2) is 0 Å². The van der Waals surface area contributed by atoms with E-state index in [-0.39, 0.29) is 17.4 Å². The molecule has 0 spiro atoms. The minimum Gasteiger partial charge on any atom is -0.384 e. The zero-order chi connectivity index (χ0) is 20.4. The second kappa shape index (κ2) is 7.56. The number of nitrogens with one attached hydrogen (secondary N) is 2. The van der Waals surface area contributed by atoms with Crippen LogP contribution in [0.2, 0.25) is 0 Å². The van der Waals surface area contributed by atoms with Gasteiger partial charge in [-0.1, -0.05) is 36.4 Å². The van der Waals surface area contributed by atoms with Crippen LogP contribution in [0.25, 0.3) is 0 Å². The molecule has 0 saturated heterocycles. The Balaban J connectivity index is 1.95. The third-order valence-corrected chi connectivity index (χ3v) is 4.95. The van der Waals surface area contributed by atoms with E-state index >= 15 is 0 Å². The summed E-state index contributed by atoms with van der Waals surface area (Å²) in [6, 6.07) is 14.7. The highest BCUT2D eigenvalue weighted by Crippen LogP contribution is 2.13. The predicted molar refractivity (Wildman–Crippen MR) is 111 cm³/mol. The quantitative estimate of drug-likeness (QED) is 0.388.